The highest BCUT2D eigenvalue weighted by molar-refractivity contribution is 9.10. The summed E-state index contributed by atoms with van der Waals surface area (Å²) in [5, 5.41) is 7.70. The average Bonchev–Trinajstić information content (AvgIpc) is 2.73. The summed E-state index contributed by atoms with van der Waals surface area (Å²) >= 11 is 9.06. The number of anilines is 1. The van der Waals surface area contributed by atoms with Crippen LogP contribution in [0, 0.1) is 6.92 Å². The summed E-state index contributed by atoms with van der Waals surface area (Å²) in [7, 11) is -0.962. The zero-order valence-corrected chi connectivity index (χ0v) is 14.5. The smallest absolute Gasteiger partial charge is 0.282 e. The van der Waals surface area contributed by atoms with Crippen LogP contribution in [0.2, 0.25) is 5.02 Å². The minimum atomic E-state index is -3.88. The summed E-state index contributed by atoms with van der Waals surface area (Å²) in [6.45, 7) is 1.76. The first-order chi connectivity index (χ1) is 9.76. The Labute approximate surface area is 135 Å². The fourth-order valence-electron chi connectivity index (χ4n) is 1.71. The lowest BCUT2D eigenvalue weighted by atomic mass is 10.2. The maximum atomic E-state index is 12.4. The molecule has 0 bridgehead atoms. The Morgan fingerprint density at radius 3 is 2.62 bits per heavy atom. The number of benzene rings is 1. The Hall–Kier alpha value is -1.32. The molecule has 0 radical (unpaired) electrons. The zero-order valence-electron chi connectivity index (χ0n) is 11.4. The van der Waals surface area contributed by atoms with Crippen LogP contribution in [0.4, 0.5) is 5.69 Å². The summed E-state index contributed by atoms with van der Waals surface area (Å²) in [5.74, 6) is 0.320. The molecule has 0 unspecified atom stereocenters. The van der Waals surface area contributed by atoms with Gasteiger partial charge in [-0.1, -0.05) is 16.8 Å². The lowest BCUT2D eigenvalue weighted by Gasteiger charge is -2.13. The molecule has 0 aliphatic rings. The van der Waals surface area contributed by atoms with Crippen molar-refractivity contribution >= 4 is 43.2 Å². The van der Waals surface area contributed by atoms with Crippen molar-refractivity contribution in [3.8, 4) is 5.75 Å². The van der Waals surface area contributed by atoms with Crippen LogP contribution >= 0.6 is 27.5 Å². The quantitative estimate of drug-likeness (QED) is 0.859. The fraction of sp³-hybridized carbons (Fsp3) is 0.273. The number of hydrogen-bond donors (Lipinski definition) is 1. The van der Waals surface area contributed by atoms with E-state index in [-0.39, 0.29) is 15.3 Å². The molecule has 10 heteroatoms. The number of sulfonamides is 1. The van der Waals surface area contributed by atoms with Gasteiger partial charge < -0.3 is 4.74 Å². The van der Waals surface area contributed by atoms with Crippen molar-refractivity contribution in [1.82, 2.24) is 15.0 Å². The van der Waals surface area contributed by atoms with Crippen LogP contribution in [0.5, 0.6) is 5.75 Å². The average molecular weight is 396 g/mol. The molecule has 1 aromatic carbocycles. The highest BCUT2D eigenvalue weighted by atomic mass is 79.9. The van der Waals surface area contributed by atoms with Gasteiger partial charge in [0.25, 0.3) is 10.0 Å². The molecule has 21 heavy (non-hydrogen) atoms. The zero-order chi connectivity index (χ0) is 15.8. The van der Waals surface area contributed by atoms with Gasteiger partial charge in [0.1, 0.15) is 5.75 Å². The van der Waals surface area contributed by atoms with Crippen molar-refractivity contribution in [1.29, 1.82) is 0 Å². The van der Waals surface area contributed by atoms with E-state index in [9.17, 15) is 8.42 Å². The second kappa shape index (κ2) is 5.82. The Kier molecular flexibility index (Phi) is 4.45. The number of rotatable bonds is 4. The minimum Gasteiger partial charge on any atom is -0.495 e. The molecule has 0 saturated heterocycles. The molecule has 2 rings (SSSR count). The summed E-state index contributed by atoms with van der Waals surface area (Å²) in [6, 6.07) is 3.14. The molecule has 2 aromatic rings. The summed E-state index contributed by atoms with van der Waals surface area (Å²) < 4.78 is 33.7. The molecule has 0 fully saturated rings. The molecule has 0 aliphatic carbocycles. The standard InChI is InChI=1S/C11H12BrClN4O3S/c1-6-4-8(9(20-3)5-7(6)13)15-21(18,19)11-10(12)14-16-17(11)2/h4-5,15H,1-3H3. The number of aryl methyl sites for hydroxylation is 2. The molecule has 0 saturated carbocycles. The largest absolute Gasteiger partial charge is 0.495 e. The third kappa shape index (κ3) is 3.14. The van der Waals surface area contributed by atoms with Crippen LogP contribution < -0.4 is 9.46 Å². The van der Waals surface area contributed by atoms with Crippen LogP contribution in [0.3, 0.4) is 0 Å². The van der Waals surface area contributed by atoms with Gasteiger partial charge in [0, 0.05) is 18.1 Å². The van der Waals surface area contributed by atoms with Gasteiger partial charge in [0.15, 0.2) is 4.60 Å². The van der Waals surface area contributed by atoms with Crippen LogP contribution in [-0.4, -0.2) is 30.5 Å². The van der Waals surface area contributed by atoms with Gasteiger partial charge in [0.2, 0.25) is 5.03 Å². The number of methoxy groups -OCH3 is 1. The van der Waals surface area contributed by atoms with Crippen LogP contribution in [0.25, 0.3) is 0 Å². The Morgan fingerprint density at radius 2 is 2.10 bits per heavy atom. The number of aromatic nitrogens is 3. The van der Waals surface area contributed by atoms with Crippen LogP contribution in [0.1, 0.15) is 5.56 Å². The highest BCUT2D eigenvalue weighted by Crippen LogP contribution is 2.33. The van der Waals surface area contributed by atoms with E-state index in [4.69, 9.17) is 16.3 Å². The van der Waals surface area contributed by atoms with Crippen LogP contribution in [0.15, 0.2) is 21.8 Å². The maximum absolute atomic E-state index is 12.4. The molecule has 114 valence electrons. The third-order valence-corrected chi connectivity index (χ3v) is 5.38. The molecule has 7 nitrogen and oxygen atoms in total. The van der Waals surface area contributed by atoms with E-state index in [1.165, 1.54) is 14.2 Å². The molecule has 1 N–H and O–H groups in total. The van der Waals surface area contributed by atoms with Gasteiger partial charge >= 0.3 is 0 Å². The van der Waals surface area contributed by atoms with Gasteiger partial charge in [-0.05, 0) is 34.5 Å². The van der Waals surface area contributed by atoms with Crippen molar-refractivity contribution < 1.29 is 13.2 Å². The van der Waals surface area contributed by atoms with E-state index in [2.05, 4.69) is 31.0 Å². The van der Waals surface area contributed by atoms with E-state index >= 15 is 0 Å². The first kappa shape index (κ1) is 16.1. The molecule has 0 atom stereocenters. The lowest BCUT2D eigenvalue weighted by molar-refractivity contribution is 0.417. The first-order valence-corrected chi connectivity index (χ1v) is 8.34. The third-order valence-electron chi connectivity index (χ3n) is 2.72. The molecule has 0 aliphatic heterocycles. The van der Waals surface area contributed by atoms with E-state index < -0.39 is 10.0 Å². The van der Waals surface area contributed by atoms with E-state index in [1.54, 1.807) is 19.1 Å². The predicted molar refractivity (Wildman–Crippen MR) is 82.3 cm³/mol. The van der Waals surface area contributed by atoms with Gasteiger partial charge in [-0.2, -0.15) is 8.42 Å². The number of hydrogen-bond acceptors (Lipinski definition) is 5. The predicted octanol–water partition coefficient (Wildman–Crippen LogP) is 2.35. The van der Waals surface area contributed by atoms with Gasteiger partial charge in [-0.15, -0.1) is 5.10 Å². The van der Waals surface area contributed by atoms with E-state index in [0.29, 0.717) is 10.8 Å². The SMILES string of the molecule is COc1cc(Cl)c(C)cc1NS(=O)(=O)c1c(Br)nnn1C. The second-order valence-electron chi connectivity index (χ2n) is 4.22. The first-order valence-electron chi connectivity index (χ1n) is 5.68. The summed E-state index contributed by atoms with van der Waals surface area (Å²) in [5.41, 5.74) is 1.00. The monoisotopic (exact) mass is 394 g/mol. The highest BCUT2D eigenvalue weighted by Gasteiger charge is 2.25. The van der Waals surface area contributed by atoms with Crippen molar-refractivity contribution in [3.05, 3.63) is 27.3 Å². The van der Waals surface area contributed by atoms with E-state index in [1.807, 2.05) is 0 Å². The number of nitrogens with one attached hydrogen (secondary N) is 1. The van der Waals surface area contributed by atoms with Gasteiger partial charge in [-0.25, -0.2) is 4.68 Å². The van der Waals surface area contributed by atoms with Crippen molar-refractivity contribution in [2.75, 3.05) is 11.8 Å². The van der Waals surface area contributed by atoms with Crippen molar-refractivity contribution in [2.45, 2.75) is 11.9 Å². The molecule has 1 heterocycles. The second-order valence-corrected chi connectivity index (χ2v) is 6.97. The Bertz CT molecular complexity index is 772. The normalized spacial score (nSPS) is 11.5. The number of halogens is 2. The minimum absolute atomic E-state index is 0.0860. The lowest BCUT2D eigenvalue weighted by Crippen LogP contribution is -2.17. The van der Waals surface area contributed by atoms with Crippen molar-refractivity contribution in [2.24, 2.45) is 7.05 Å². The van der Waals surface area contributed by atoms with Gasteiger partial charge in [-0.3, -0.25) is 4.72 Å². The number of ether oxygens (including phenoxy) is 1. The maximum Gasteiger partial charge on any atom is 0.282 e. The molecule has 0 amide bonds. The summed E-state index contributed by atoms with van der Waals surface area (Å²) in [4.78, 5) is 0. The molecule has 1 aromatic heterocycles. The Balaban J connectivity index is 2.49. The van der Waals surface area contributed by atoms with Crippen molar-refractivity contribution in [3.63, 3.8) is 0 Å². The topological polar surface area (TPSA) is 86.1 Å². The molecule has 0 spiro atoms. The Morgan fingerprint density at radius 1 is 1.43 bits per heavy atom. The molecular weight excluding hydrogens is 384 g/mol. The number of nitrogens with zero attached hydrogens (tertiary/aromatic N) is 3. The molecular formula is C11H12BrClN4O3S. The summed E-state index contributed by atoms with van der Waals surface area (Å²) in [6.07, 6.45) is 0. The van der Waals surface area contributed by atoms with Gasteiger partial charge in [0.05, 0.1) is 12.8 Å². The van der Waals surface area contributed by atoms with E-state index in [0.717, 1.165) is 10.2 Å². The van der Waals surface area contributed by atoms with Crippen LogP contribution in [-0.2, 0) is 17.1 Å². The fourth-order valence-corrected chi connectivity index (χ4v) is 4.03.